The fraction of sp³-hybridized carbons (Fsp3) is 0.438. The highest BCUT2D eigenvalue weighted by Gasteiger charge is 2.24. The van der Waals surface area contributed by atoms with Crippen LogP contribution in [0, 0.1) is 12.3 Å². The van der Waals surface area contributed by atoms with Gasteiger partial charge in [0.1, 0.15) is 0 Å². The lowest BCUT2D eigenvalue weighted by molar-refractivity contribution is -0.122. The third kappa shape index (κ3) is 3.36. The summed E-state index contributed by atoms with van der Waals surface area (Å²) in [5.74, 6) is 2.41. The van der Waals surface area contributed by atoms with Crippen molar-refractivity contribution in [2.75, 3.05) is 20.1 Å². The van der Waals surface area contributed by atoms with E-state index in [4.69, 9.17) is 6.42 Å². The van der Waals surface area contributed by atoms with Gasteiger partial charge in [-0.25, -0.2) is 0 Å². The Balaban J connectivity index is 2.03. The number of benzene rings is 1. The van der Waals surface area contributed by atoms with Crippen LogP contribution >= 0.6 is 0 Å². The quantitative estimate of drug-likeness (QED) is 0.832. The van der Waals surface area contributed by atoms with Gasteiger partial charge in [-0.3, -0.25) is 9.69 Å². The third-order valence-electron chi connectivity index (χ3n) is 3.65. The van der Waals surface area contributed by atoms with E-state index in [-0.39, 0.29) is 5.91 Å². The van der Waals surface area contributed by atoms with Gasteiger partial charge in [-0.15, -0.1) is 6.42 Å². The standard InChI is InChI=1S/C16H20N2O/c1-3-11-17-16(19)12-18(2)15-10-6-8-13-7-4-5-9-14(13)15/h1,4-5,7,9,15H,6,8,10-12H2,2H3,(H,17,19)/t15-/m0/s1. The average molecular weight is 256 g/mol. The molecule has 2 rings (SSSR count). The first-order valence-corrected chi connectivity index (χ1v) is 6.70. The average Bonchev–Trinajstić information content (AvgIpc) is 2.44. The predicted molar refractivity (Wildman–Crippen MR) is 76.6 cm³/mol. The molecule has 1 aliphatic carbocycles. The Morgan fingerprint density at radius 3 is 3.11 bits per heavy atom. The molecule has 1 aromatic rings. The maximum absolute atomic E-state index is 11.7. The van der Waals surface area contributed by atoms with Crippen molar-refractivity contribution < 1.29 is 4.79 Å². The van der Waals surface area contributed by atoms with E-state index in [0.717, 1.165) is 12.8 Å². The van der Waals surface area contributed by atoms with Gasteiger partial charge >= 0.3 is 0 Å². The summed E-state index contributed by atoms with van der Waals surface area (Å²) < 4.78 is 0. The summed E-state index contributed by atoms with van der Waals surface area (Å²) in [6.45, 7) is 0.689. The number of nitrogens with zero attached hydrogens (tertiary/aromatic N) is 1. The zero-order valence-electron chi connectivity index (χ0n) is 11.4. The first-order chi connectivity index (χ1) is 9.22. The van der Waals surface area contributed by atoms with Crippen LogP contribution in [-0.4, -0.2) is 30.9 Å². The molecule has 100 valence electrons. The van der Waals surface area contributed by atoms with E-state index < -0.39 is 0 Å². The second kappa shape index (κ2) is 6.40. The van der Waals surface area contributed by atoms with E-state index in [2.05, 4.69) is 40.4 Å². The van der Waals surface area contributed by atoms with E-state index >= 15 is 0 Å². The lowest BCUT2D eigenvalue weighted by Gasteiger charge is -2.32. The van der Waals surface area contributed by atoms with E-state index in [1.54, 1.807) is 0 Å². The van der Waals surface area contributed by atoms with Gasteiger partial charge in [-0.1, -0.05) is 30.2 Å². The number of terminal acetylenes is 1. The van der Waals surface area contributed by atoms with Gasteiger partial charge in [0.05, 0.1) is 13.1 Å². The van der Waals surface area contributed by atoms with Crippen LogP contribution in [0.1, 0.15) is 30.0 Å². The molecular formula is C16H20N2O. The molecule has 1 N–H and O–H groups in total. The highest BCUT2D eigenvalue weighted by Crippen LogP contribution is 2.33. The molecule has 3 heteroatoms. The number of hydrogen-bond acceptors (Lipinski definition) is 2. The maximum Gasteiger partial charge on any atom is 0.234 e. The van der Waals surface area contributed by atoms with Crippen molar-refractivity contribution in [3.8, 4) is 12.3 Å². The van der Waals surface area contributed by atoms with Gasteiger partial charge < -0.3 is 5.32 Å². The molecule has 0 saturated heterocycles. The summed E-state index contributed by atoms with van der Waals surface area (Å²) in [7, 11) is 2.00. The van der Waals surface area contributed by atoms with Crippen LogP contribution in [0.4, 0.5) is 0 Å². The lowest BCUT2D eigenvalue weighted by Crippen LogP contribution is -2.38. The van der Waals surface area contributed by atoms with Crippen molar-refractivity contribution >= 4 is 5.91 Å². The predicted octanol–water partition coefficient (Wildman–Crippen LogP) is 1.75. The normalized spacial score (nSPS) is 17.6. The molecule has 0 saturated carbocycles. The van der Waals surface area contributed by atoms with Crippen LogP contribution < -0.4 is 5.32 Å². The Kier molecular flexibility index (Phi) is 4.59. The lowest BCUT2D eigenvalue weighted by atomic mass is 9.87. The number of carbonyl (C=O) groups excluding carboxylic acids is 1. The summed E-state index contributed by atoms with van der Waals surface area (Å²) in [4.78, 5) is 13.8. The Hall–Kier alpha value is -1.79. The molecule has 0 bridgehead atoms. The summed E-state index contributed by atoms with van der Waals surface area (Å²) in [5, 5.41) is 2.71. The van der Waals surface area contributed by atoms with Crippen LogP contribution in [0.2, 0.25) is 0 Å². The van der Waals surface area contributed by atoms with Crippen molar-refractivity contribution in [3.63, 3.8) is 0 Å². The summed E-state index contributed by atoms with van der Waals surface area (Å²) in [5.41, 5.74) is 2.77. The molecule has 3 nitrogen and oxygen atoms in total. The van der Waals surface area contributed by atoms with Crippen molar-refractivity contribution in [1.82, 2.24) is 10.2 Å². The maximum atomic E-state index is 11.7. The number of carbonyl (C=O) groups is 1. The third-order valence-corrected chi connectivity index (χ3v) is 3.65. The Morgan fingerprint density at radius 1 is 1.53 bits per heavy atom. The molecule has 0 radical (unpaired) electrons. The van der Waals surface area contributed by atoms with Crippen molar-refractivity contribution in [3.05, 3.63) is 35.4 Å². The van der Waals surface area contributed by atoms with Crippen LogP contribution in [0.5, 0.6) is 0 Å². The zero-order valence-corrected chi connectivity index (χ0v) is 11.4. The molecular weight excluding hydrogens is 236 g/mol. The Morgan fingerprint density at radius 2 is 2.32 bits per heavy atom. The summed E-state index contributed by atoms with van der Waals surface area (Å²) in [6, 6.07) is 8.86. The van der Waals surface area contributed by atoms with Crippen LogP contribution in [0.15, 0.2) is 24.3 Å². The Bertz CT molecular complexity index is 490. The molecule has 1 atom stereocenters. The van der Waals surface area contributed by atoms with Crippen molar-refractivity contribution in [1.29, 1.82) is 0 Å². The largest absolute Gasteiger partial charge is 0.344 e. The first kappa shape index (κ1) is 13.6. The molecule has 0 aliphatic heterocycles. The minimum absolute atomic E-state index is 0.0106. The van der Waals surface area contributed by atoms with E-state index in [1.165, 1.54) is 17.5 Å². The number of hydrogen-bond donors (Lipinski definition) is 1. The highest BCUT2D eigenvalue weighted by atomic mass is 16.2. The molecule has 1 aromatic carbocycles. The van der Waals surface area contributed by atoms with Gasteiger partial charge in [0.25, 0.3) is 0 Å². The second-order valence-corrected chi connectivity index (χ2v) is 5.00. The fourth-order valence-electron chi connectivity index (χ4n) is 2.73. The summed E-state index contributed by atoms with van der Waals surface area (Å²) >= 11 is 0. The van der Waals surface area contributed by atoms with Gasteiger partial charge in [0.2, 0.25) is 5.91 Å². The molecule has 0 spiro atoms. The molecule has 0 fully saturated rings. The van der Waals surface area contributed by atoms with Crippen molar-refractivity contribution in [2.24, 2.45) is 0 Å². The molecule has 1 aliphatic rings. The number of rotatable bonds is 4. The second-order valence-electron chi connectivity index (χ2n) is 5.00. The van der Waals surface area contributed by atoms with E-state index in [0.29, 0.717) is 19.1 Å². The van der Waals surface area contributed by atoms with Gasteiger partial charge in [-0.2, -0.15) is 0 Å². The van der Waals surface area contributed by atoms with Crippen LogP contribution in [0.3, 0.4) is 0 Å². The minimum atomic E-state index is -0.0106. The molecule has 0 unspecified atom stereocenters. The number of likely N-dealkylation sites (N-methyl/N-ethyl adjacent to an activating group) is 1. The van der Waals surface area contributed by atoms with Crippen LogP contribution in [0.25, 0.3) is 0 Å². The molecule has 0 heterocycles. The van der Waals surface area contributed by atoms with Crippen LogP contribution in [-0.2, 0) is 11.2 Å². The number of aryl methyl sites for hydroxylation is 1. The zero-order chi connectivity index (χ0) is 13.7. The SMILES string of the molecule is C#CCNC(=O)CN(C)[C@H]1CCCc2ccccc21. The van der Waals surface area contributed by atoms with E-state index in [1.807, 2.05) is 7.05 Å². The monoisotopic (exact) mass is 256 g/mol. The van der Waals surface area contributed by atoms with Gasteiger partial charge in [0, 0.05) is 6.04 Å². The van der Waals surface area contributed by atoms with Gasteiger partial charge in [-0.05, 0) is 37.4 Å². The topological polar surface area (TPSA) is 32.3 Å². The molecule has 1 amide bonds. The van der Waals surface area contributed by atoms with E-state index in [9.17, 15) is 4.79 Å². The van der Waals surface area contributed by atoms with Gasteiger partial charge in [0.15, 0.2) is 0 Å². The first-order valence-electron chi connectivity index (χ1n) is 6.70. The number of amides is 1. The minimum Gasteiger partial charge on any atom is -0.344 e. The highest BCUT2D eigenvalue weighted by molar-refractivity contribution is 5.78. The Labute approximate surface area is 115 Å². The van der Waals surface area contributed by atoms with Crippen molar-refractivity contribution in [2.45, 2.75) is 25.3 Å². The fourth-order valence-corrected chi connectivity index (χ4v) is 2.73. The number of nitrogens with one attached hydrogen (secondary N) is 1. The molecule has 0 aromatic heterocycles. The molecule has 19 heavy (non-hydrogen) atoms. The summed E-state index contributed by atoms with van der Waals surface area (Å²) in [6.07, 6.45) is 8.56. The smallest absolute Gasteiger partial charge is 0.234 e. The number of fused-ring (bicyclic) bond motifs is 1.